The van der Waals surface area contributed by atoms with E-state index in [1.54, 1.807) is 12.1 Å². The zero-order valence-electron chi connectivity index (χ0n) is 14.1. The van der Waals surface area contributed by atoms with Crippen LogP contribution in [0, 0.1) is 6.92 Å². The molecule has 0 bridgehead atoms. The summed E-state index contributed by atoms with van der Waals surface area (Å²) in [6.07, 6.45) is 1.89. The normalized spacial score (nSPS) is 18.4. The third-order valence-corrected chi connectivity index (χ3v) is 4.98. The fraction of sp³-hybridized carbons (Fsp3) is 0.300. The molecule has 1 N–H and O–H groups in total. The minimum Gasteiger partial charge on any atom is -0.457 e. The van der Waals surface area contributed by atoms with Gasteiger partial charge in [-0.3, -0.25) is 4.79 Å². The molecule has 1 amide bonds. The Hall–Kier alpha value is -2.82. The number of carbonyl (C=O) groups excluding carboxylic acids is 2. The van der Waals surface area contributed by atoms with Crippen molar-refractivity contribution in [3.8, 4) is 0 Å². The molecule has 0 aliphatic carbocycles. The number of benzene rings is 2. The van der Waals surface area contributed by atoms with Crippen molar-refractivity contribution in [2.75, 3.05) is 16.8 Å². The number of nitrogens with one attached hydrogen (secondary N) is 1. The zero-order chi connectivity index (χ0) is 17.4. The molecule has 2 aliphatic rings. The minimum atomic E-state index is -0.385. The van der Waals surface area contributed by atoms with Gasteiger partial charge in [-0.15, -0.1) is 0 Å². The quantitative estimate of drug-likeness (QED) is 0.874. The van der Waals surface area contributed by atoms with Gasteiger partial charge < -0.3 is 15.0 Å². The molecular formula is C20H20N2O3. The van der Waals surface area contributed by atoms with Crippen molar-refractivity contribution in [3.05, 3.63) is 59.2 Å². The summed E-state index contributed by atoms with van der Waals surface area (Å²) in [4.78, 5) is 26.7. The van der Waals surface area contributed by atoms with E-state index in [2.05, 4.69) is 10.2 Å². The van der Waals surface area contributed by atoms with E-state index in [9.17, 15) is 9.59 Å². The van der Waals surface area contributed by atoms with Crippen LogP contribution in [-0.4, -0.2) is 24.5 Å². The molecule has 0 saturated carbocycles. The van der Waals surface area contributed by atoms with Gasteiger partial charge in [0.25, 0.3) is 0 Å². The lowest BCUT2D eigenvalue weighted by Gasteiger charge is -2.33. The van der Waals surface area contributed by atoms with E-state index in [0.717, 1.165) is 36.2 Å². The van der Waals surface area contributed by atoms with E-state index in [1.165, 1.54) is 0 Å². The molecule has 0 spiro atoms. The molecule has 1 saturated heterocycles. The fourth-order valence-electron chi connectivity index (χ4n) is 3.56. The number of ether oxygens (including phenoxy) is 1. The highest BCUT2D eigenvalue weighted by Gasteiger charge is 2.36. The van der Waals surface area contributed by atoms with Crippen molar-refractivity contribution in [2.45, 2.75) is 32.4 Å². The molecule has 0 unspecified atom stereocenters. The summed E-state index contributed by atoms with van der Waals surface area (Å²) in [7, 11) is 0. The Balaban J connectivity index is 1.52. The van der Waals surface area contributed by atoms with Crippen LogP contribution in [0.3, 0.4) is 0 Å². The van der Waals surface area contributed by atoms with Crippen molar-refractivity contribution in [1.29, 1.82) is 0 Å². The van der Waals surface area contributed by atoms with Gasteiger partial charge >= 0.3 is 5.97 Å². The summed E-state index contributed by atoms with van der Waals surface area (Å²) in [5.74, 6) is -0.376. The van der Waals surface area contributed by atoms with Gasteiger partial charge in [-0.25, -0.2) is 4.79 Å². The second-order valence-corrected chi connectivity index (χ2v) is 6.58. The summed E-state index contributed by atoms with van der Waals surface area (Å²) < 4.78 is 5.43. The maximum Gasteiger partial charge on any atom is 0.338 e. The van der Waals surface area contributed by atoms with Crippen LogP contribution in [0.25, 0.3) is 0 Å². The van der Waals surface area contributed by atoms with E-state index in [4.69, 9.17) is 4.74 Å². The average Bonchev–Trinajstić information content (AvgIpc) is 3.11. The van der Waals surface area contributed by atoms with Crippen LogP contribution in [0.5, 0.6) is 0 Å². The summed E-state index contributed by atoms with van der Waals surface area (Å²) >= 11 is 0. The maximum atomic E-state index is 12.4. The molecule has 2 heterocycles. The Bertz CT molecular complexity index is 847. The Labute approximate surface area is 146 Å². The molecular weight excluding hydrogens is 316 g/mol. The molecule has 1 fully saturated rings. The highest BCUT2D eigenvalue weighted by atomic mass is 16.5. The third-order valence-electron chi connectivity index (χ3n) is 4.98. The van der Waals surface area contributed by atoms with Gasteiger partial charge in [-0.05, 0) is 49.1 Å². The topological polar surface area (TPSA) is 58.6 Å². The molecule has 2 aliphatic heterocycles. The number of hydrogen-bond donors (Lipinski definition) is 1. The Morgan fingerprint density at radius 3 is 2.96 bits per heavy atom. The van der Waals surface area contributed by atoms with E-state index in [1.807, 2.05) is 37.3 Å². The second-order valence-electron chi connectivity index (χ2n) is 6.58. The Morgan fingerprint density at radius 1 is 1.28 bits per heavy atom. The Morgan fingerprint density at radius 2 is 2.12 bits per heavy atom. The number of carbonyl (C=O) groups is 2. The summed E-state index contributed by atoms with van der Waals surface area (Å²) in [5.41, 5.74) is 4.20. The first-order chi connectivity index (χ1) is 12.1. The van der Waals surface area contributed by atoms with Gasteiger partial charge in [0.15, 0.2) is 0 Å². The van der Waals surface area contributed by atoms with Crippen LogP contribution in [0.15, 0.2) is 42.5 Å². The van der Waals surface area contributed by atoms with Gasteiger partial charge in [0.1, 0.15) is 12.6 Å². The van der Waals surface area contributed by atoms with Crippen LogP contribution in [0.1, 0.15) is 34.3 Å². The van der Waals surface area contributed by atoms with Crippen molar-refractivity contribution in [1.82, 2.24) is 0 Å². The number of anilines is 2. The number of nitrogens with zero attached hydrogens (tertiary/aromatic N) is 1. The fourth-order valence-corrected chi connectivity index (χ4v) is 3.56. The van der Waals surface area contributed by atoms with E-state index >= 15 is 0 Å². The first-order valence-electron chi connectivity index (χ1n) is 8.56. The summed E-state index contributed by atoms with van der Waals surface area (Å²) in [5, 5.41) is 2.92. The lowest BCUT2D eigenvalue weighted by molar-refractivity contribution is -0.117. The largest absolute Gasteiger partial charge is 0.457 e. The minimum absolute atomic E-state index is 0.00966. The molecule has 4 rings (SSSR count). The van der Waals surface area contributed by atoms with Gasteiger partial charge in [0, 0.05) is 6.54 Å². The van der Waals surface area contributed by atoms with Crippen molar-refractivity contribution >= 4 is 23.3 Å². The molecule has 2 aromatic rings. The number of hydrogen-bond acceptors (Lipinski definition) is 4. The van der Waals surface area contributed by atoms with Crippen LogP contribution >= 0.6 is 0 Å². The number of rotatable bonds is 3. The van der Waals surface area contributed by atoms with Crippen molar-refractivity contribution < 1.29 is 14.3 Å². The Kier molecular flexibility index (Phi) is 3.92. The molecule has 5 heteroatoms. The molecule has 128 valence electrons. The molecule has 2 aromatic carbocycles. The number of esters is 1. The molecule has 1 atom stereocenters. The number of amides is 1. The molecule has 5 nitrogen and oxygen atoms in total. The zero-order valence-corrected chi connectivity index (χ0v) is 14.1. The summed E-state index contributed by atoms with van der Waals surface area (Å²) in [6.45, 7) is 3.11. The standard InChI is InChI=1S/C20H20N2O3/c1-13-5-2-3-6-15(13)12-25-20(24)14-8-9-17-16(11-14)21-19(23)18-7-4-10-22(17)18/h2-3,5-6,8-9,11,18H,4,7,10,12H2,1H3,(H,21,23)/t18-/m1/s1. The van der Waals surface area contributed by atoms with Gasteiger partial charge in [-0.1, -0.05) is 24.3 Å². The molecule has 0 radical (unpaired) electrons. The predicted octanol–water partition coefficient (Wildman–Crippen LogP) is 3.27. The van der Waals surface area contributed by atoms with Crippen LogP contribution < -0.4 is 10.2 Å². The van der Waals surface area contributed by atoms with Gasteiger partial charge in [-0.2, -0.15) is 0 Å². The highest BCUT2D eigenvalue weighted by molar-refractivity contribution is 6.05. The smallest absolute Gasteiger partial charge is 0.338 e. The molecule has 0 aromatic heterocycles. The second kappa shape index (κ2) is 6.24. The van der Waals surface area contributed by atoms with Crippen molar-refractivity contribution in [2.24, 2.45) is 0 Å². The third kappa shape index (κ3) is 2.86. The lowest BCUT2D eigenvalue weighted by Crippen LogP contribution is -2.43. The summed E-state index contributed by atoms with van der Waals surface area (Å²) in [6, 6.07) is 13.1. The average molecular weight is 336 g/mol. The van der Waals surface area contributed by atoms with Crippen molar-refractivity contribution in [3.63, 3.8) is 0 Å². The highest BCUT2D eigenvalue weighted by Crippen LogP contribution is 2.37. The predicted molar refractivity (Wildman–Crippen MR) is 95.7 cm³/mol. The van der Waals surface area contributed by atoms with Crippen LogP contribution in [0.4, 0.5) is 11.4 Å². The van der Waals surface area contributed by atoms with Crippen LogP contribution in [0.2, 0.25) is 0 Å². The van der Waals surface area contributed by atoms with Gasteiger partial charge in [0.2, 0.25) is 5.91 Å². The monoisotopic (exact) mass is 336 g/mol. The number of fused-ring (bicyclic) bond motifs is 3. The SMILES string of the molecule is Cc1ccccc1COC(=O)c1ccc2c(c1)NC(=O)[C@H]1CCCN21. The van der Waals surface area contributed by atoms with Gasteiger partial charge in [0.05, 0.1) is 16.9 Å². The van der Waals surface area contributed by atoms with E-state index in [0.29, 0.717) is 11.3 Å². The maximum absolute atomic E-state index is 12.4. The van der Waals surface area contributed by atoms with E-state index < -0.39 is 0 Å². The van der Waals surface area contributed by atoms with Crippen LogP contribution in [-0.2, 0) is 16.1 Å². The first kappa shape index (κ1) is 15.7. The molecule has 25 heavy (non-hydrogen) atoms. The lowest BCUT2D eigenvalue weighted by atomic mass is 10.1. The number of aryl methyl sites for hydroxylation is 1. The first-order valence-corrected chi connectivity index (χ1v) is 8.56. The van der Waals surface area contributed by atoms with E-state index in [-0.39, 0.29) is 24.5 Å².